The zero-order valence-electron chi connectivity index (χ0n) is 8.24. The molecule has 3 N–H and O–H groups in total. The van der Waals surface area contributed by atoms with Gasteiger partial charge in [-0.2, -0.15) is 5.10 Å². The average molecular weight is 192 g/mol. The summed E-state index contributed by atoms with van der Waals surface area (Å²) in [7, 11) is 0. The van der Waals surface area contributed by atoms with Gasteiger partial charge in [0.1, 0.15) is 0 Å². The molecule has 2 rings (SSSR count). The molecule has 1 fully saturated rings. The van der Waals surface area contributed by atoms with Gasteiger partial charge in [0.05, 0.1) is 6.20 Å². The van der Waals surface area contributed by atoms with Crippen LogP contribution in [0.25, 0.3) is 0 Å². The lowest BCUT2D eigenvalue weighted by atomic mass is 10.2. The normalized spacial score (nSPS) is 17.2. The molecule has 0 spiro atoms. The summed E-state index contributed by atoms with van der Waals surface area (Å²) in [5.74, 6) is 0.863. The maximum atomic E-state index is 5.62. The average Bonchev–Trinajstić information content (AvgIpc) is 2.71. The highest BCUT2D eigenvalue weighted by molar-refractivity contribution is 5.43. The molecule has 1 saturated carbocycles. The quantitative estimate of drug-likeness (QED) is 0.757. The number of nitrogens with zero attached hydrogens (tertiary/aromatic N) is 2. The maximum absolute atomic E-state index is 5.62. The number of anilines is 1. The van der Waals surface area contributed by atoms with Gasteiger partial charge in [0.2, 0.25) is 0 Å². The Morgan fingerprint density at radius 1 is 1.43 bits per heavy atom. The molecule has 1 heterocycles. The van der Waals surface area contributed by atoms with Gasteiger partial charge < -0.3 is 11.1 Å². The van der Waals surface area contributed by atoms with Crippen LogP contribution in [0.5, 0.6) is 0 Å². The third-order valence-corrected chi connectivity index (χ3v) is 2.72. The first-order valence-corrected chi connectivity index (χ1v) is 5.17. The third kappa shape index (κ3) is 2.01. The van der Waals surface area contributed by atoms with Crippen molar-refractivity contribution in [3.05, 3.63) is 17.8 Å². The molecule has 1 aliphatic rings. The Labute approximate surface area is 83.9 Å². The summed E-state index contributed by atoms with van der Waals surface area (Å²) < 4.78 is 0. The summed E-state index contributed by atoms with van der Waals surface area (Å²) in [5.41, 5.74) is 6.67. The summed E-state index contributed by atoms with van der Waals surface area (Å²) in [6.45, 7) is 0.518. The second kappa shape index (κ2) is 4.37. The van der Waals surface area contributed by atoms with Crippen molar-refractivity contribution in [2.24, 2.45) is 5.73 Å². The molecule has 0 bridgehead atoms. The van der Waals surface area contributed by atoms with E-state index in [1.807, 2.05) is 6.07 Å². The number of nitrogens with one attached hydrogen (secondary N) is 1. The summed E-state index contributed by atoms with van der Waals surface area (Å²) >= 11 is 0. The largest absolute Gasteiger partial charge is 0.366 e. The van der Waals surface area contributed by atoms with E-state index in [4.69, 9.17) is 5.73 Å². The van der Waals surface area contributed by atoms with Crippen LogP contribution in [0.2, 0.25) is 0 Å². The molecule has 1 aromatic rings. The number of nitrogens with two attached hydrogens (primary N) is 1. The molecule has 76 valence electrons. The molecule has 14 heavy (non-hydrogen) atoms. The molecular weight excluding hydrogens is 176 g/mol. The van der Waals surface area contributed by atoms with E-state index in [0.717, 1.165) is 11.4 Å². The second-order valence-electron chi connectivity index (χ2n) is 3.73. The molecule has 1 aliphatic carbocycles. The van der Waals surface area contributed by atoms with Gasteiger partial charge in [0.15, 0.2) is 5.82 Å². The summed E-state index contributed by atoms with van der Waals surface area (Å²) in [4.78, 5) is 0. The van der Waals surface area contributed by atoms with Gasteiger partial charge in [0, 0.05) is 18.2 Å². The second-order valence-corrected chi connectivity index (χ2v) is 3.73. The maximum Gasteiger partial charge on any atom is 0.153 e. The molecule has 0 aromatic carbocycles. The van der Waals surface area contributed by atoms with Crippen LogP contribution in [0, 0.1) is 0 Å². The van der Waals surface area contributed by atoms with Crippen molar-refractivity contribution in [3.8, 4) is 0 Å². The van der Waals surface area contributed by atoms with E-state index in [0.29, 0.717) is 12.6 Å². The molecule has 0 aliphatic heterocycles. The van der Waals surface area contributed by atoms with Crippen molar-refractivity contribution in [3.63, 3.8) is 0 Å². The van der Waals surface area contributed by atoms with Crippen LogP contribution < -0.4 is 11.1 Å². The van der Waals surface area contributed by atoms with E-state index in [-0.39, 0.29) is 0 Å². The third-order valence-electron chi connectivity index (χ3n) is 2.72. The van der Waals surface area contributed by atoms with E-state index in [1.165, 1.54) is 25.7 Å². The smallest absolute Gasteiger partial charge is 0.153 e. The lowest BCUT2D eigenvalue weighted by Gasteiger charge is -2.14. The van der Waals surface area contributed by atoms with E-state index in [9.17, 15) is 0 Å². The first-order chi connectivity index (χ1) is 6.90. The van der Waals surface area contributed by atoms with Crippen molar-refractivity contribution < 1.29 is 0 Å². The Balaban J connectivity index is 2.07. The zero-order valence-corrected chi connectivity index (χ0v) is 8.24. The number of hydrogen-bond acceptors (Lipinski definition) is 4. The molecule has 0 unspecified atom stereocenters. The Kier molecular flexibility index (Phi) is 2.93. The minimum atomic E-state index is 0.518. The molecule has 0 radical (unpaired) electrons. The summed E-state index contributed by atoms with van der Waals surface area (Å²) in [6.07, 6.45) is 6.79. The standard InChI is InChI=1S/C10H16N4/c11-7-8-5-6-12-14-10(8)13-9-3-1-2-4-9/h5-6,9H,1-4,7,11H2,(H,13,14). The predicted octanol–water partition coefficient (Wildman–Crippen LogP) is 1.29. The summed E-state index contributed by atoms with van der Waals surface area (Å²) in [5, 5.41) is 11.3. The number of rotatable bonds is 3. The van der Waals surface area contributed by atoms with Crippen LogP contribution in [0.1, 0.15) is 31.2 Å². The van der Waals surface area contributed by atoms with Gasteiger partial charge in [0.25, 0.3) is 0 Å². The highest BCUT2D eigenvalue weighted by Gasteiger charge is 2.16. The first kappa shape index (κ1) is 9.40. The summed E-state index contributed by atoms with van der Waals surface area (Å²) in [6, 6.07) is 2.49. The van der Waals surface area contributed by atoms with E-state index >= 15 is 0 Å². The Morgan fingerprint density at radius 2 is 2.21 bits per heavy atom. The fourth-order valence-corrected chi connectivity index (χ4v) is 1.91. The van der Waals surface area contributed by atoms with Crippen LogP contribution in [-0.2, 0) is 6.54 Å². The van der Waals surface area contributed by atoms with Crippen LogP contribution >= 0.6 is 0 Å². The first-order valence-electron chi connectivity index (χ1n) is 5.17. The predicted molar refractivity (Wildman–Crippen MR) is 55.8 cm³/mol. The monoisotopic (exact) mass is 192 g/mol. The highest BCUT2D eigenvalue weighted by atomic mass is 15.2. The minimum absolute atomic E-state index is 0.518. The van der Waals surface area contributed by atoms with Crippen molar-refractivity contribution in [1.82, 2.24) is 10.2 Å². The SMILES string of the molecule is NCc1ccnnc1NC1CCCC1. The van der Waals surface area contributed by atoms with Gasteiger partial charge in [-0.1, -0.05) is 12.8 Å². The lowest BCUT2D eigenvalue weighted by molar-refractivity contribution is 0.742. The van der Waals surface area contributed by atoms with Crippen molar-refractivity contribution in [2.45, 2.75) is 38.3 Å². The Morgan fingerprint density at radius 3 is 2.93 bits per heavy atom. The van der Waals surface area contributed by atoms with E-state index in [2.05, 4.69) is 15.5 Å². The van der Waals surface area contributed by atoms with Crippen LogP contribution in [0.3, 0.4) is 0 Å². The van der Waals surface area contributed by atoms with Gasteiger partial charge in [-0.05, 0) is 18.9 Å². The molecule has 0 amide bonds. The minimum Gasteiger partial charge on any atom is -0.366 e. The van der Waals surface area contributed by atoms with Crippen molar-refractivity contribution in [2.75, 3.05) is 5.32 Å². The topological polar surface area (TPSA) is 63.8 Å². The van der Waals surface area contributed by atoms with E-state index in [1.54, 1.807) is 6.20 Å². The molecule has 1 aromatic heterocycles. The van der Waals surface area contributed by atoms with Crippen LogP contribution in [0.15, 0.2) is 12.3 Å². The molecule has 4 nitrogen and oxygen atoms in total. The number of aromatic nitrogens is 2. The number of hydrogen-bond donors (Lipinski definition) is 2. The molecule has 4 heteroatoms. The fraction of sp³-hybridized carbons (Fsp3) is 0.600. The zero-order chi connectivity index (χ0) is 9.80. The van der Waals surface area contributed by atoms with Crippen molar-refractivity contribution >= 4 is 5.82 Å². The molecule has 0 saturated heterocycles. The Hall–Kier alpha value is -1.16. The molecular formula is C10H16N4. The van der Waals surface area contributed by atoms with Gasteiger partial charge >= 0.3 is 0 Å². The van der Waals surface area contributed by atoms with Gasteiger partial charge in [-0.25, -0.2) is 0 Å². The lowest BCUT2D eigenvalue weighted by Crippen LogP contribution is -2.18. The van der Waals surface area contributed by atoms with Crippen LogP contribution in [-0.4, -0.2) is 16.2 Å². The van der Waals surface area contributed by atoms with Crippen molar-refractivity contribution in [1.29, 1.82) is 0 Å². The van der Waals surface area contributed by atoms with E-state index < -0.39 is 0 Å². The van der Waals surface area contributed by atoms with Gasteiger partial charge in [-0.3, -0.25) is 0 Å². The van der Waals surface area contributed by atoms with Gasteiger partial charge in [-0.15, -0.1) is 5.10 Å². The van der Waals surface area contributed by atoms with Crippen LogP contribution in [0.4, 0.5) is 5.82 Å². The Bertz CT molecular complexity index is 294. The fourth-order valence-electron chi connectivity index (χ4n) is 1.91. The molecule has 0 atom stereocenters. The highest BCUT2D eigenvalue weighted by Crippen LogP contribution is 2.22.